The molecule has 2 heterocycles. The van der Waals surface area contributed by atoms with Crippen LogP contribution in [0.4, 0.5) is 4.79 Å². The van der Waals surface area contributed by atoms with Gasteiger partial charge in [0.1, 0.15) is 10.3 Å². The van der Waals surface area contributed by atoms with Crippen molar-refractivity contribution in [3.05, 3.63) is 28.5 Å². The summed E-state index contributed by atoms with van der Waals surface area (Å²) in [5.41, 5.74) is 0.404. The molecule has 0 aromatic carbocycles. The van der Waals surface area contributed by atoms with Crippen molar-refractivity contribution in [1.29, 1.82) is 0 Å². The molecule has 1 unspecified atom stereocenters. The Morgan fingerprint density at radius 3 is 3.05 bits per heavy atom. The summed E-state index contributed by atoms with van der Waals surface area (Å²) in [5.74, 6) is -0.119. The van der Waals surface area contributed by atoms with Gasteiger partial charge < -0.3 is 15.0 Å². The number of aromatic nitrogens is 1. The van der Waals surface area contributed by atoms with Gasteiger partial charge in [-0.05, 0) is 47.8 Å². The number of carbonyl (C=O) groups is 2. The van der Waals surface area contributed by atoms with Crippen LogP contribution in [0, 0.1) is 0 Å². The minimum Gasteiger partial charge on any atom is -0.450 e. The van der Waals surface area contributed by atoms with Crippen molar-refractivity contribution in [2.24, 2.45) is 0 Å². The topological polar surface area (TPSA) is 71.5 Å². The van der Waals surface area contributed by atoms with Gasteiger partial charge in [-0.25, -0.2) is 9.78 Å². The Morgan fingerprint density at radius 1 is 1.52 bits per heavy atom. The summed E-state index contributed by atoms with van der Waals surface area (Å²) in [6, 6.07) is 5.17. The highest BCUT2D eigenvalue weighted by Gasteiger charge is 2.26. The summed E-state index contributed by atoms with van der Waals surface area (Å²) in [5, 5.41) is 2.78. The highest BCUT2D eigenvalue weighted by atomic mass is 79.9. The standard InChI is InChI=1S/C14H18BrN3O3/c1-2-21-14(20)16-10-5-4-8-18(9-10)13(19)11-6-3-7-12(15)17-11/h3,6-7,10H,2,4-5,8-9H2,1H3,(H,16,20). The first kappa shape index (κ1) is 15.8. The molecule has 1 saturated heterocycles. The molecule has 6 nitrogen and oxygen atoms in total. The number of amides is 2. The second-order valence-electron chi connectivity index (χ2n) is 4.80. The summed E-state index contributed by atoms with van der Waals surface area (Å²) in [4.78, 5) is 29.7. The Hall–Kier alpha value is -1.63. The highest BCUT2D eigenvalue weighted by molar-refractivity contribution is 9.10. The third kappa shape index (κ3) is 4.42. The first-order valence-corrected chi connectivity index (χ1v) is 7.74. The van der Waals surface area contributed by atoms with E-state index in [4.69, 9.17) is 4.74 Å². The molecule has 2 amide bonds. The number of nitrogens with one attached hydrogen (secondary N) is 1. The van der Waals surface area contributed by atoms with Crippen LogP contribution >= 0.6 is 15.9 Å². The number of hydrogen-bond donors (Lipinski definition) is 1. The molecule has 1 N–H and O–H groups in total. The van der Waals surface area contributed by atoms with Crippen molar-refractivity contribution in [3.63, 3.8) is 0 Å². The van der Waals surface area contributed by atoms with E-state index in [1.165, 1.54) is 0 Å². The fourth-order valence-corrected chi connectivity index (χ4v) is 2.65. The smallest absolute Gasteiger partial charge is 0.407 e. The molecular weight excluding hydrogens is 338 g/mol. The Labute approximate surface area is 132 Å². The average Bonchev–Trinajstić information content (AvgIpc) is 2.47. The Balaban J connectivity index is 1.97. The van der Waals surface area contributed by atoms with Gasteiger partial charge in [-0.3, -0.25) is 4.79 Å². The summed E-state index contributed by atoms with van der Waals surface area (Å²) in [7, 11) is 0. The van der Waals surface area contributed by atoms with E-state index in [2.05, 4.69) is 26.2 Å². The number of hydrogen-bond acceptors (Lipinski definition) is 4. The van der Waals surface area contributed by atoms with Crippen LogP contribution in [0.15, 0.2) is 22.8 Å². The van der Waals surface area contributed by atoms with Crippen molar-refractivity contribution in [2.45, 2.75) is 25.8 Å². The number of piperidine rings is 1. The van der Waals surface area contributed by atoms with Crippen LogP contribution in [0.5, 0.6) is 0 Å². The SMILES string of the molecule is CCOC(=O)NC1CCCN(C(=O)c2cccc(Br)n2)C1. The van der Waals surface area contributed by atoms with E-state index < -0.39 is 6.09 Å². The number of rotatable bonds is 3. The van der Waals surface area contributed by atoms with Crippen LogP contribution in [0.1, 0.15) is 30.3 Å². The number of likely N-dealkylation sites (tertiary alicyclic amines) is 1. The number of alkyl carbamates (subject to hydrolysis) is 1. The largest absolute Gasteiger partial charge is 0.450 e. The average molecular weight is 356 g/mol. The zero-order valence-electron chi connectivity index (χ0n) is 11.8. The van der Waals surface area contributed by atoms with Crippen LogP contribution in [-0.4, -0.2) is 47.6 Å². The monoisotopic (exact) mass is 355 g/mol. The lowest BCUT2D eigenvalue weighted by Gasteiger charge is -2.32. The molecule has 0 aliphatic carbocycles. The van der Waals surface area contributed by atoms with Crippen molar-refractivity contribution >= 4 is 27.9 Å². The normalized spacial score (nSPS) is 18.2. The number of ether oxygens (including phenoxy) is 1. The van der Waals surface area contributed by atoms with E-state index in [1.807, 2.05) is 0 Å². The molecule has 1 aromatic rings. The van der Waals surface area contributed by atoms with Crippen LogP contribution < -0.4 is 5.32 Å². The zero-order chi connectivity index (χ0) is 15.2. The highest BCUT2D eigenvalue weighted by Crippen LogP contribution is 2.14. The molecule has 0 saturated carbocycles. The van der Waals surface area contributed by atoms with E-state index in [9.17, 15) is 9.59 Å². The second-order valence-corrected chi connectivity index (χ2v) is 5.61. The molecule has 0 spiro atoms. The molecule has 2 rings (SSSR count). The second kappa shape index (κ2) is 7.40. The fraction of sp³-hybridized carbons (Fsp3) is 0.500. The van der Waals surface area contributed by atoms with Gasteiger partial charge in [-0.1, -0.05) is 6.07 Å². The molecule has 7 heteroatoms. The summed E-state index contributed by atoms with van der Waals surface area (Å²) in [6.45, 7) is 3.25. The minimum atomic E-state index is -0.433. The molecular formula is C14H18BrN3O3. The predicted molar refractivity (Wildman–Crippen MR) is 81.0 cm³/mol. The lowest BCUT2D eigenvalue weighted by molar-refractivity contribution is 0.0680. The van der Waals surface area contributed by atoms with Gasteiger partial charge in [0.15, 0.2) is 0 Å². The number of nitrogens with zero attached hydrogens (tertiary/aromatic N) is 2. The number of halogens is 1. The summed E-state index contributed by atoms with van der Waals surface area (Å²) < 4.78 is 5.50. The van der Waals surface area contributed by atoms with Crippen LogP contribution in [0.2, 0.25) is 0 Å². The van der Waals surface area contributed by atoms with Crippen molar-refractivity contribution in [2.75, 3.05) is 19.7 Å². The van der Waals surface area contributed by atoms with Crippen molar-refractivity contribution < 1.29 is 14.3 Å². The molecule has 114 valence electrons. The number of pyridine rings is 1. The Kier molecular flexibility index (Phi) is 5.55. The van der Waals surface area contributed by atoms with Crippen molar-refractivity contribution in [1.82, 2.24) is 15.2 Å². The molecule has 1 atom stereocenters. The molecule has 1 aliphatic heterocycles. The predicted octanol–water partition coefficient (Wildman–Crippen LogP) is 2.19. The summed E-state index contributed by atoms with van der Waals surface area (Å²) >= 11 is 3.26. The van der Waals surface area contributed by atoms with E-state index in [0.29, 0.717) is 30.0 Å². The van der Waals surface area contributed by atoms with Crippen molar-refractivity contribution in [3.8, 4) is 0 Å². The first-order chi connectivity index (χ1) is 10.1. The van der Waals surface area contributed by atoms with Gasteiger partial charge >= 0.3 is 6.09 Å². The lowest BCUT2D eigenvalue weighted by Crippen LogP contribution is -2.49. The quantitative estimate of drug-likeness (QED) is 0.843. The third-order valence-corrected chi connectivity index (χ3v) is 3.68. The minimum absolute atomic E-state index is 0.0751. The maximum absolute atomic E-state index is 12.4. The van der Waals surface area contributed by atoms with E-state index in [1.54, 1.807) is 30.0 Å². The molecule has 1 fully saturated rings. The molecule has 0 bridgehead atoms. The van der Waals surface area contributed by atoms with Crippen LogP contribution in [0.3, 0.4) is 0 Å². The maximum atomic E-state index is 12.4. The van der Waals surface area contributed by atoms with Crippen LogP contribution in [-0.2, 0) is 4.74 Å². The van der Waals surface area contributed by atoms with Gasteiger partial charge in [0.2, 0.25) is 0 Å². The zero-order valence-corrected chi connectivity index (χ0v) is 13.4. The maximum Gasteiger partial charge on any atom is 0.407 e. The van der Waals surface area contributed by atoms with Gasteiger partial charge in [0, 0.05) is 19.1 Å². The Morgan fingerprint density at radius 2 is 2.33 bits per heavy atom. The first-order valence-electron chi connectivity index (χ1n) is 6.95. The number of carbonyl (C=O) groups excluding carboxylic acids is 2. The summed E-state index contributed by atoms with van der Waals surface area (Å²) in [6.07, 6.45) is 1.25. The van der Waals surface area contributed by atoms with Gasteiger partial charge in [-0.15, -0.1) is 0 Å². The van der Waals surface area contributed by atoms with E-state index in [-0.39, 0.29) is 11.9 Å². The van der Waals surface area contributed by atoms with Gasteiger partial charge in [0.25, 0.3) is 5.91 Å². The van der Waals surface area contributed by atoms with E-state index in [0.717, 1.165) is 12.8 Å². The third-order valence-electron chi connectivity index (χ3n) is 3.24. The van der Waals surface area contributed by atoms with Gasteiger partial charge in [-0.2, -0.15) is 0 Å². The molecule has 0 radical (unpaired) electrons. The van der Waals surface area contributed by atoms with Crippen LogP contribution in [0.25, 0.3) is 0 Å². The van der Waals surface area contributed by atoms with Gasteiger partial charge in [0.05, 0.1) is 6.61 Å². The molecule has 1 aliphatic rings. The molecule has 21 heavy (non-hydrogen) atoms. The lowest BCUT2D eigenvalue weighted by atomic mass is 10.1. The van der Waals surface area contributed by atoms with E-state index >= 15 is 0 Å². The fourth-order valence-electron chi connectivity index (χ4n) is 2.31. The molecule has 1 aromatic heterocycles. The Bertz CT molecular complexity index is 524.